The van der Waals surface area contributed by atoms with Gasteiger partial charge in [0.1, 0.15) is 6.04 Å². The number of rotatable bonds is 3. The van der Waals surface area contributed by atoms with Crippen molar-refractivity contribution in [3.63, 3.8) is 0 Å². The van der Waals surface area contributed by atoms with Crippen molar-refractivity contribution in [2.75, 3.05) is 0 Å². The molecular weight excluding hydrogens is 320 g/mol. The summed E-state index contributed by atoms with van der Waals surface area (Å²) in [5.74, 6) is -0.877. The van der Waals surface area contributed by atoms with Gasteiger partial charge in [-0.3, -0.25) is 14.4 Å². The van der Waals surface area contributed by atoms with Crippen LogP contribution < -0.4 is 5.73 Å². The fraction of sp³-hybridized carbons (Fsp3) is 0.842. The van der Waals surface area contributed by atoms with E-state index < -0.39 is 34.7 Å². The highest BCUT2D eigenvalue weighted by Gasteiger charge is 2.58. The first-order valence-electron chi connectivity index (χ1n) is 9.43. The molecule has 3 rings (SSSR count). The molecule has 140 valence electrons. The molecule has 6 nitrogen and oxygen atoms in total. The zero-order valence-corrected chi connectivity index (χ0v) is 15.5. The van der Waals surface area contributed by atoms with E-state index in [1.54, 1.807) is 13.8 Å². The summed E-state index contributed by atoms with van der Waals surface area (Å²) in [6, 6.07) is -0.662. The molecule has 0 aromatic rings. The van der Waals surface area contributed by atoms with Crippen LogP contribution >= 0.6 is 0 Å². The topological polar surface area (TPSA) is 101 Å². The van der Waals surface area contributed by atoms with E-state index in [9.17, 15) is 19.5 Å². The Morgan fingerprint density at radius 3 is 2.52 bits per heavy atom. The number of aliphatic hydroxyl groups is 1. The third kappa shape index (κ3) is 3.46. The first-order chi connectivity index (χ1) is 11.5. The van der Waals surface area contributed by atoms with Gasteiger partial charge in [0.15, 0.2) is 0 Å². The summed E-state index contributed by atoms with van der Waals surface area (Å²) in [6.07, 6.45) is 4.71. The molecule has 3 N–H and O–H groups in total. The van der Waals surface area contributed by atoms with Gasteiger partial charge in [-0.25, -0.2) is 0 Å². The van der Waals surface area contributed by atoms with Crippen molar-refractivity contribution in [1.82, 2.24) is 4.90 Å². The highest BCUT2D eigenvalue weighted by Crippen LogP contribution is 2.49. The summed E-state index contributed by atoms with van der Waals surface area (Å²) in [6.45, 7) is 5.65. The van der Waals surface area contributed by atoms with Crippen LogP contribution in [0.25, 0.3) is 0 Å². The molecule has 2 aliphatic carbocycles. The maximum atomic E-state index is 13.1. The van der Waals surface area contributed by atoms with E-state index in [4.69, 9.17) is 5.73 Å². The molecule has 0 radical (unpaired) electrons. The molecule has 6 heteroatoms. The van der Waals surface area contributed by atoms with Gasteiger partial charge in [0.25, 0.3) is 5.91 Å². The van der Waals surface area contributed by atoms with E-state index in [1.807, 2.05) is 0 Å². The average molecular weight is 350 g/mol. The quantitative estimate of drug-likeness (QED) is 0.751. The normalized spacial score (nSPS) is 43.8. The first kappa shape index (κ1) is 18.4. The molecule has 25 heavy (non-hydrogen) atoms. The number of carbonyl (C=O) groups excluding carboxylic acids is 3. The van der Waals surface area contributed by atoms with E-state index in [1.165, 1.54) is 4.90 Å². The van der Waals surface area contributed by atoms with Gasteiger partial charge in [-0.2, -0.15) is 0 Å². The Bertz CT molecular complexity index is 602. The maximum absolute atomic E-state index is 13.1. The van der Waals surface area contributed by atoms with Gasteiger partial charge in [0.2, 0.25) is 11.7 Å². The van der Waals surface area contributed by atoms with Crippen LogP contribution in [-0.2, 0) is 14.4 Å². The number of likely N-dealkylation sites (tertiary alicyclic amines) is 1. The van der Waals surface area contributed by atoms with Crippen LogP contribution in [0.4, 0.5) is 0 Å². The second-order valence-electron chi connectivity index (χ2n) is 9.19. The number of nitrogens with zero attached hydrogens (tertiary/aromatic N) is 1. The Hall–Kier alpha value is -1.43. The van der Waals surface area contributed by atoms with Crippen molar-refractivity contribution >= 4 is 17.6 Å². The minimum Gasteiger partial charge on any atom is -0.390 e. The van der Waals surface area contributed by atoms with Gasteiger partial charge in [0.05, 0.1) is 5.60 Å². The van der Waals surface area contributed by atoms with Crippen LogP contribution in [0.2, 0.25) is 0 Å². The number of hydrogen-bond donors (Lipinski definition) is 2. The predicted molar refractivity (Wildman–Crippen MR) is 92.3 cm³/mol. The minimum absolute atomic E-state index is 0.00774. The molecule has 0 aromatic carbocycles. The fourth-order valence-corrected chi connectivity index (χ4v) is 5.27. The van der Waals surface area contributed by atoms with Crippen LogP contribution in [0.5, 0.6) is 0 Å². The average Bonchev–Trinajstić information content (AvgIpc) is 3.13. The molecule has 2 amide bonds. The van der Waals surface area contributed by atoms with Crippen LogP contribution in [0.1, 0.15) is 65.7 Å². The van der Waals surface area contributed by atoms with Crippen LogP contribution in [0, 0.1) is 17.3 Å². The number of nitrogens with two attached hydrogens (primary N) is 1. The zero-order chi connectivity index (χ0) is 18.6. The number of primary amides is 1. The number of Topliss-reactive ketones (excluding diaryl/α,β-unsaturated/α-hetero) is 1. The van der Waals surface area contributed by atoms with Crippen molar-refractivity contribution in [2.24, 2.45) is 23.0 Å². The summed E-state index contributed by atoms with van der Waals surface area (Å²) >= 11 is 0. The molecule has 0 aromatic heterocycles. The summed E-state index contributed by atoms with van der Waals surface area (Å²) < 4.78 is 0. The first-order valence-corrected chi connectivity index (χ1v) is 9.43. The standard InChI is InChI=1S/C19H30N2O4/c1-11-5-4-6-18(2,10-19(3,25)9-11)15(22)17(24)21-13-7-12(13)8-14(21)16(20)23/h11-14,25H,4-10H2,1-3H3,(H2,20,23)/t11?,12?,13?,14?,18?,19-/m0/s1. The van der Waals surface area contributed by atoms with Gasteiger partial charge in [-0.05, 0) is 50.9 Å². The Labute approximate surface area is 149 Å². The second kappa shape index (κ2) is 6.08. The van der Waals surface area contributed by atoms with E-state index in [0.717, 1.165) is 19.3 Å². The summed E-state index contributed by atoms with van der Waals surface area (Å²) in [4.78, 5) is 39.2. The van der Waals surface area contributed by atoms with Gasteiger partial charge >= 0.3 is 0 Å². The monoisotopic (exact) mass is 350 g/mol. The number of fused-ring (bicyclic) bond motifs is 1. The molecule has 3 fully saturated rings. The van der Waals surface area contributed by atoms with E-state index in [2.05, 4.69) is 6.92 Å². The molecule has 1 saturated heterocycles. The van der Waals surface area contributed by atoms with Crippen molar-refractivity contribution in [3.05, 3.63) is 0 Å². The van der Waals surface area contributed by atoms with Crippen molar-refractivity contribution in [3.8, 4) is 0 Å². The molecule has 1 aliphatic heterocycles. The highest BCUT2D eigenvalue weighted by molar-refractivity contribution is 6.38. The van der Waals surface area contributed by atoms with Crippen LogP contribution in [0.3, 0.4) is 0 Å². The smallest absolute Gasteiger partial charge is 0.291 e. The van der Waals surface area contributed by atoms with Gasteiger partial charge in [-0.1, -0.05) is 26.7 Å². The molecule has 0 bridgehead atoms. The Morgan fingerprint density at radius 2 is 1.88 bits per heavy atom. The zero-order valence-electron chi connectivity index (χ0n) is 15.5. The molecule has 5 unspecified atom stereocenters. The summed E-state index contributed by atoms with van der Waals surface area (Å²) in [5, 5.41) is 10.7. The Morgan fingerprint density at radius 1 is 1.20 bits per heavy atom. The van der Waals surface area contributed by atoms with Crippen molar-refractivity contribution < 1.29 is 19.5 Å². The van der Waals surface area contributed by atoms with Gasteiger partial charge < -0.3 is 15.7 Å². The third-order valence-electron chi connectivity index (χ3n) is 6.39. The Balaban J connectivity index is 1.80. The summed E-state index contributed by atoms with van der Waals surface area (Å²) in [7, 11) is 0. The van der Waals surface area contributed by atoms with E-state index in [0.29, 0.717) is 31.1 Å². The SMILES string of the molecule is CC1CCCC(C)(C(=O)C(=O)N2C(C(N)=O)CC3CC32)C[C@@](C)(O)C1. The van der Waals surface area contributed by atoms with Crippen LogP contribution in [0.15, 0.2) is 0 Å². The maximum Gasteiger partial charge on any atom is 0.291 e. The molecule has 2 saturated carbocycles. The largest absolute Gasteiger partial charge is 0.390 e. The Kier molecular flexibility index (Phi) is 4.46. The van der Waals surface area contributed by atoms with Gasteiger partial charge in [0, 0.05) is 11.5 Å². The number of ketones is 1. The van der Waals surface area contributed by atoms with Crippen LogP contribution in [-0.4, -0.2) is 45.3 Å². The molecular formula is C19H30N2O4. The number of hydrogen-bond acceptors (Lipinski definition) is 4. The number of piperidine rings is 1. The minimum atomic E-state index is -0.971. The predicted octanol–water partition coefficient (Wildman–Crippen LogP) is 1.39. The summed E-state index contributed by atoms with van der Waals surface area (Å²) in [5.41, 5.74) is 3.58. The van der Waals surface area contributed by atoms with Gasteiger partial charge in [-0.15, -0.1) is 0 Å². The second-order valence-corrected chi connectivity index (χ2v) is 9.19. The number of amides is 2. The lowest BCUT2D eigenvalue weighted by atomic mass is 9.68. The molecule has 3 aliphatic rings. The molecule has 6 atom stereocenters. The van der Waals surface area contributed by atoms with Crippen molar-refractivity contribution in [2.45, 2.75) is 83.4 Å². The molecule has 1 heterocycles. The molecule has 0 spiro atoms. The lowest BCUT2D eigenvalue weighted by Gasteiger charge is -2.40. The van der Waals surface area contributed by atoms with Crippen molar-refractivity contribution in [1.29, 1.82) is 0 Å². The highest BCUT2D eigenvalue weighted by atomic mass is 16.3. The lowest BCUT2D eigenvalue weighted by Crippen LogP contribution is -2.53. The number of carbonyl (C=O) groups is 3. The fourth-order valence-electron chi connectivity index (χ4n) is 5.27. The van der Waals surface area contributed by atoms with E-state index >= 15 is 0 Å². The van der Waals surface area contributed by atoms with E-state index in [-0.39, 0.29) is 12.5 Å². The third-order valence-corrected chi connectivity index (χ3v) is 6.39. The lowest BCUT2D eigenvalue weighted by molar-refractivity contribution is -0.155.